The van der Waals surface area contributed by atoms with Gasteiger partial charge in [0.2, 0.25) is 5.91 Å². The molecule has 0 radical (unpaired) electrons. The Hall–Kier alpha value is -0.840. The van der Waals surface area contributed by atoms with Gasteiger partial charge in [0, 0.05) is 19.1 Å². The van der Waals surface area contributed by atoms with E-state index in [9.17, 15) is 4.79 Å². The predicted molar refractivity (Wildman–Crippen MR) is 85.6 cm³/mol. The summed E-state index contributed by atoms with van der Waals surface area (Å²) in [7, 11) is 0. The number of thiocarbonyl (C=S) groups is 1. The summed E-state index contributed by atoms with van der Waals surface area (Å²) in [5.41, 5.74) is 0. The smallest absolute Gasteiger partial charge is 0.244 e. The third-order valence-electron chi connectivity index (χ3n) is 4.33. The molecule has 0 bridgehead atoms. The van der Waals surface area contributed by atoms with E-state index in [4.69, 9.17) is 12.2 Å². The van der Waals surface area contributed by atoms with E-state index in [-0.39, 0.29) is 11.9 Å². The molecule has 2 rings (SSSR count). The minimum absolute atomic E-state index is 0.178. The first kappa shape index (κ1) is 15.5. The summed E-state index contributed by atoms with van der Waals surface area (Å²) in [4.78, 5) is 14.3. The van der Waals surface area contributed by atoms with Crippen molar-refractivity contribution < 1.29 is 4.79 Å². The van der Waals surface area contributed by atoms with Gasteiger partial charge in [-0.1, -0.05) is 19.3 Å². The molecule has 1 heterocycles. The van der Waals surface area contributed by atoms with Gasteiger partial charge in [-0.3, -0.25) is 4.79 Å². The van der Waals surface area contributed by atoms with E-state index >= 15 is 0 Å². The predicted octanol–water partition coefficient (Wildman–Crippen LogP) is 2.18. The molecule has 0 aromatic carbocycles. The zero-order valence-electron chi connectivity index (χ0n) is 12.5. The van der Waals surface area contributed by atoms with Gasteiger partial charge in [-0.05, 0) is 51.2 Å². The number of carbonyl (C=O) groups is 1. The minimum Gasteiger partial charge on any atom is -0.360 e. The van der Waals surface area contributed by atoms with Gasteiger partial charge in [0.15, 0.2) is 5.11 Å². The molecule has 2 N–H and O–H groups in total. The summed E-state index contributed by atoms with van der Waals surface area (Å²) in [6.07, 6.45) is 9.78. The van der Waals surface area contributed by atoms with Crippen molar-refractivity contribution in [3.05, 3.63) is 0 Å². The van der Waals surface area contributed by atoms with Crippen molar-refractivity contribution in [2.45, 2.75) is 70.4 Å². The normalized spacial score (nSPS) is 22.1. The van der Waals surface area contributed by atoms with Crippen LogP contribution in [0.4, 0.5) is 0 Å². The van der Waals surface area contributed by atoms with E-state index in [1.807, 2.05) is 11.8 Å². The first-order chi connectivity index (χ1) is 9.66. The summed E-state index contributed by atoms with van der Waals surface area (Å²) in [5, 5.41) is 7.14. The molecule has 1 unspecified atom stereocenters. The van der Waals surface area contributed by atoms with Crippen LogP contribution in [0.1, 0.15) is 58.3 Å². The molecule has 2 fully saturated rings. The maximum Gasteiger partial charge on any atom is 0.244 e. The molecule has 2 aliphatic rings. The number of hydrogen-bond acceptors (Lipinski definition) is 2. The van der Waals surface area contributed by atoms with E-state index in [1.54, 1.807) is 0 Å². The highest BCUT2D eigenvalue weighted by Crippen LogP contribution is 2.17. The molecule has 1 aliphatic carbocycles. The van der Waals surface area contributed by atoms with Crippen molar-refractivity contribution in [2.24, 2.45) is 0 Å². The monoisotopic (exact) mass is 297 g/mol. The van der Waals surface area contributed by atoms with Gasteiger partial charge in [-0.15, -0.1) is 0 Å². The number of hydrogen-bond donors (Lipinski definition) is 2. The molecule has 114 valence electrons. The van der Waals surface area contributed by atoms with Crippen LogP contribution in [-0.4, -0.2) is 41.1 Å². The van der Waals surface area contributed by atoms with Crippen molar-refractivity contribution in [2.75, 3.05) is 13.1 Å². The standard InChI is InChI=1S/C15H27N3OS/c1-12(14(19)18-10-6-3-7-11-18)16-15(20)17-13-8-4-2-5-9-13/h12-13H,2-11H2,1H3,(H2,16,17,20). The molecule has 1 saturated carbocycles. The third-order valence-corrected chi connectivity index (χ3v) is 4.56. The number of nitrogens with one attached hydrogen (secondary N) is 2. The minimum atomic E-state index is -0.225. The highest BCUT2D eigenvalue weighted by molar-refractivity contribution is 7.80. The van der Waals surface area contributed by atoms with Crippen LogP contribution in [0.3, 0.4) is 0 Å². The maximum absolute atomic E-state index is 12.3. The molecule has 1 atom stereocenters. The van der Waals surface area contributed by atoms with Gasteiger partial charge in [0.05, 0.1) is 0 Å². The number of rotatable bonds is 3. The summed E-state index contributed by atoms with van der Waals surface area (Å²) < 4.78 is 0. The highest BCUT2D eigenvalue weighted by atomic mass is 32.1. The molecule has 1 aliphatic heterocycles. The summed E-state index contributed by atoms with van der Waals surface area (Å²) in [6.45, 7) is 3.70. The van der Waals surface area contributed by atoms with Crippen molar-refractivity contribution >= 4 is 23.2 Å². The Kier molecular flexibility index (Phi) is 6.07. The first-order valence-electron chi connectivity index (χ1n) is 8.02. The lowest BCUT2D eigenvalue weighted by atomic mass is 9.96. The van der Waals surface area contributed by atoms with Gasteiger partial charge in [0.1, 0.15) is 6.04 Å². The molecule has 0 aromatic rings. The second-order valence-electron chi connectivity index (χ2n) is 6.06. The fourth-order valence-electron chi connectivity index (χ4n) is 3.12. The topological polar surface area (TPSA) is 44.4 Å². The Balaban J connectivity index is 1.73. The Morgan fingerprint density at radius 1 is 1.10 bits per heavy atom. The van der Waals surface area contributed by atoms with Crippen LogP contribution in [0.25, 0.3) is 0 Å². The van der Waals surface area contributed by atoms with Crippen molar-refractivity contribution in [3.63, 3.8) is 0 Å². The van der Waals surface area contributed by atoms with Gasteiger partial charge >= 0.3 is 0 Å². The van der Waals surface area contributed by atoms with Gasteiger partial charge in [-0.2, -0.15) is 0 Å². The lowest BCUT2D eigenvalue weighted by Crippen LogP contribution is -2.52. The average molecular weight is 297 g/mol. The van der Waals surface area contributed by atoms with E-state index in [0.29, 0.717) is 11.2 Å². The van der Waals surface area contributed by atoms with E-state index in [2.05, 4.69) is 10.6 Å². The highest BCUT2D eigenvalue weighted by Gasteiger charge is 2.23. The number of nitrogens with zero attached hydrogens (tertiary/aromatic N) is 1. The van der Waals surface area contributed by atoms with Gasteiger partial charge < -0.3 is 15.5 Å². The Morgan fingerprint density at radius 3 is 2.35 bits per heavy atom. The van der Waals surface area contributed by atoms with Crippen LogP contribution in [0.15, 0.2) is 0 Å². The number of carbonyl (C=O) groups excluding carboxylic acids is 1. The molecule has 0 spiro atoms. The zero-order valence-corrected chi connectivity index (χ0v) is 13.3. The second-order valence-corrected chi connectivity index (χ2v) is 6.47. The van der Waals surface area contributed by atoms with Crippen molar-refractivity contribution in [1.82, 2.24) is 15.5 Å². The van der Waals surface area contributed by atoms with Gasteiger partial charge in [-0.25, -0.2) is 0 Å². The maximum atomic E-state index is 12.3. The second kappa shape index (κ2) is 7.81. The van der Waals surface area contributed by atoms with Crippen LogP contribution in [0, 0.1) is 0 Å². The fourth-order valence-corrected chi connectivity index (χ4v) is 3.46. The number of likely N-dealkylation sites (tertiary alicyclic amines) is 1. The quantitative estimate of drug-likeness (QED) is 0.784. The molecule has 1 amide bonds. The average Bonchev–Trinajstić information content (AvgIpc) is 2.48. The zero-order chi connectivity index (χ0) is 14.4. The largest absolute Gasteiger partial charge is 0.360 e. The summed E-state index contributed by atoms with van der Waals surface area (Å²) >= 11 is 5.34. The number of amides is 1. The van der Waals surface area contributed by atoms with Crippen molar-refractivity contribution in [1.29, 1.82) is 0 Å². The molecule has 1 saturated heterocycles. The molecule has 0 aromatic heterocycles. The van der Waals surface area contributed by atoms with Crippen LogP contribution >= 0.6 is 12.2 Å². The van der Waals surface area contributed by atoms with Crippen LogP contribution in [-0.2, 0) is 4.79 Å². The van der Waals surface area contributed by atoms with E-state index < -0.39 is 0 Å². The summed E-state index contributed by atoms with van der Waals surface area (Å²) in [6, 6.07) is 0.262. The van der Waals surface area contributed by atoms with Crippen LogP contribution < -0.4 is 10.6 Å². The third kappa shape index (κ3) is 4.62. The molecule has 20 heavy (non-hydrogen) atoms. The lowest BCUT2D eigenvalue weighted by molar-refractivity contribution is -0.133. The molecular weight excluding hydrogens is 270 g/mol. The lowest BCUT2D eigenvalue weighted by Gasteiger charge is -2.30. The van der Waals surface area contributed by atoms with Crippen LogP contribution in [0.5, 0.6) is 0 Å². The Bertz CT molecular complexity index is 336. The molecule has 5 heteroatoms. The molecule has 4 nitrogen and oxygen atoms in total. The van der Waals surface area contributed by atoms with Gasteiger partial charge in [0.25, 0.3) is 0 Å². The number of piperidine rings is 1. The van der Waals surface area contributed by atoms with E-state index in [0.717, 1.165) is 25.9 Å². The Labute approximate surface area is 127 Å². The summed E-state index contributed by atoms with van der Waals surface area (Å²) in [5.74, 6) is 0.178. The van der Waals surface area contributed by atoms with Crippen LogP contribution in [0.2, 0.25) is 0 Å². The van der Waals surface area contributed by atoms with Crippen molar-refractivity contribution in [3.8, 4) is 0 Å². The first-order valence-corrected chi connectivity index (χ1v) is 8.43. The molecular formula is C15H27N3OS. The SMILES string of the molecule is CC(NC(=S)NC1CCCCC1)C(=O)N1CCCCC1. The Morgan fingerprint density at radius 2 is 1.70 bits per heavy atom. The van der Waals surface area contributed by atoms with E-state index in [1.165, 1.54) is 38.5 Å². The fraction of sp³-hybridized carbons (Fsp3) is 0.867.